The molecule has 0 spiro atoms. The summed E-state index contributed by atoms with van der Waals surface area (Å²) in [6, 6.07) is 63.2. The highest BCUT2D eigenvalue weighted by atomic mass is 15.3. The molecule has 5 unspecified atom stereocenters. The Morgan fingerprint density at radius 3 is 2.16 bits per heavy atom. The first-order valence-corrected chi connectivity index (χ1v) is 19.9. The first kappa shape index (κ1) is 31.0. The second kappa shape index (κ2) is 12.1. The highest BCUT2D eigenvalue weighted by Crippen LogP contribution is 2.71. The van der Waals surface area contributed by atoms with Gasteiger partial charge in [-0.2, -0.15) is 0 Å². The van der Waals surface area contributed by atoms with Crippen LogP contribution >= 0.6 is 0 Å². The lowest BCUT2D eigenvalue weighted by molar-refractivity contribution is 0.238. The van der Waals surface area contributed by atoms with E-state index in [1.807, 2.05) is 0 Å². The summed E-state index contributed by atoms with van der Waals surface area (Å²) < 4.78 is 0. The molecule has 2 heteroatoms. The number of rotatable bonds is 5. The standard InChI is InChI=1S/C53H40N2/c1-2-16-41(17-3-1)55-47-21-11-10-20-46(47)54-53(55)36-26-24-35(25-27-36)44-32-45-50(44)52-49(40-29-23-34-13-5-7-15-38(34)31-40)43-19-9-8-18-42(43)48(51(45)52)39-28-22-33-12-4-6-14-37(33)30-39/h1-29,31,39,44-45,50,53-54H,30,32H2. The molecule has 2 nitrogen and oxygen atoms in total. The number of para-hydroxylation sites is 3. The molecule has 262 valence electrons. The van der Waals surface area contributed by atoms with Crippen molar-refractivity contribution in [1.29, 1.82) is 0 Å². The van der Waals surface area contributed by atoms with Crippen molar-refractivity contribution < 1.29 is 0 Å². The number of hydrogen-bond donors (Lipinski definition) is 1. The second-order valence-corrected chi connectivity index (χ2v) is 16.0. The molecule has 8 aromatic carbocycles. The zero-order valence-corrected chi connectivity index (χ0v) is 30.6. The van der Waals surface area contributed by atoms with E-state index in [1.165, 1.54) is 78.4 Å². The summed E-state index contributed by atoms with van der Waals surface area (Å²) in [4.78, 5) is 2.44. The van der Waals surface area contributed by atoms with Crippen LogP contribution in [0.5, 0.6) is 0 Å². The minimum atomic E-state index is 0.0366. The van der Waals surface area contributed by atoms with E-state index in [-0.39, 0.29) is 6.17 Å². The quantitative estimate of drug-likeness (QED) is 0.192. The van der Waals surface area contributed by atoms with E-state index in [2.05, 4.69) is 192 Å². The van der Waals surface area contributed by atoms with Crippen LogP contribution in [0.4, 0.5) is 17.1 Å². The van der Waals surface area contributed by atoms with E-state index in [9.17, 15) is 0 Å². The fourth-order valence-corrected chi connectivity index (χ4v) is 10.7. The first-order valence-electron chi connectivity index (χ1n) is 19.9. The van der Waals surface area contributed by atoms with Crippen LogP contribution in [0.1, 0.15) is 75.2 Å². The number of nitrogens with zero attached hydrogens (tertiary/aromatic N) is 1. The molecular formula is C53H40N2. The number of benzene rings is 8. The van der Waals surface area contributed by atoms with Gasteiger partial charge in [0.15, 0.2) is 0 Å². The predicted octanol–water partition coefficient (Wildman–Crippen LogP) is 13.6. The van der Waals surface area contributed by atoms with Crippen molar-refractivity contribution in [2.24, 2.45) is 0 Å². The van der Waals surface area contributed by atoms with Crippen LogP contribution in [-0.4, -0.2) is 0 Å². The topological polar surface area (TPSA) is 15.3 Å². The summed E-state index contributed by atoms with van der Waals surface area (Å²) in [5, 5.41) is 9.26. The van der Waals surface area contributed by atoms with Gasteiger partial charge >= 0.3 is 0 Å². The molecule has 0 aromatic heterocycles. The van der Waals surface area contributed by atoms with Crippen molar-refractivity contribution in [2.75, 3.05) is 10.2 Å². The van der Waals surface area contributed by atoms with Crippen LogP contribution in [0.3, 0.4) is 0 Å². The SMILES string of the molecule is C1=CC(c2c3c(c(-c4ccc5ccccc5c4)c4ccccc24)C2C(c4ccc(C5Nc6ccccc6N5c5ccccc5)cc4)CC32)Cc2ccccc21. The lowest BCUT2D eigenvalue weighted by Gasteiger charge is -2.57. The average Bonchev–Trinajstić information content (AvgIpc) is 3.63. The summed E-state index contributed by atoms with van der Waals surface area (Å²) in [7, 11) is 0. The molecule has 12 rings (SSSR count). The van der Waals surface area contributed by atoms with Gasteiger partial charge in [0.1, 0.15) is 6.17 Å². The molecule has 1 aliphatic heterocycles. The summed E-state index contributed by atoms with van der Waals surface area (Å²) in [5.74, 6) is 1.97. The van der Waals surface area contributed by atoms with E-state index in [1.54, 1.807) is 16.7 Å². The lowest BCUT2D eigenvalue weighted by atomic mass is 9.46. The number of fused-ring (bicyclic) bond motifs is 8. The van der Waals surface area contributed by atoms with Gasteiger partial charge in [-0.15, -0.1) is 0 Å². The van der Waals surface area contributed by atoms with Crippen LogP contribution in [0.25, 0.3) is 38.7 Å². The molecule has 1 fully saturated rings. The Hall–Kier alpha value is -6.38. The maximum Gasteiger partial charge on any atom is 0.130 e. The van der Waals surface area contributed by atoms with E-state index >= 15 is 0 Å². The van der Waals surface area contributed by atoms with Gasteiger partial charge in [-0.25, -0.2) is 0 Å². The van der Waals surface area contributed by atoms with Gasteiger partial charge in [-0.3, -0.25) is 0 Å². The minimum Gasteiger partial charge on any atom is -0.359 e. The fraction of sp³-hybridized carbons (Fsp3) is 0.132. The second-order valence-electron chi connectivity index (χ2n) is 16.0. The molecule has 8 aromatic rings. The Morgan fingerprint density at radius 2 is 1.27 bits per heavy atom. The maximum absolute atomic E-state index is 3.84. The molecule has 1 saturated carbocycles. The maximum atomic E-state index is 3.84. The fourth-order valence-electron chi connectivity index (χ4n) is 10.7. The molecule has 1 N–H and O–H groups in total. The van der Waals surface area contributed by atoms with Crippen molar-refractivity contribution in [3.63, 3.8) is 0 Å². The van der Waals surface area contributed by atoms with Crippen molar-refractivity contribution in [1.82, 2.24) is 0 Å². The third-order valence-electron chi connectivity index (χ3n) is 13.3. The van der Waals surface area contributed by atoms with Crippen molar-refractivity contribution in [2.45, 2.75) is 42.7 Å². The summed E-state index contributed by atoms with van der Waals surface area (Å²) in [5.41, 5.74) is 16.8. The van der Waals surface area contributed by atoms with Gasteiger partial charge in [-0.1, -0.05) is 152 Å². The summed E-state index contributed by atoms with van der Waals surface area (Å²) in [6.45, 7) is 0. The lowest BCUT2D eigenvalue weighted by Crippen LogP contribution is -2.42. The Bertz CT molecular complexity index is 2830. The monoisotopic (exact) mass is 704 g/mol. The van der Waals surface area contributed by atoms with Gasteiger partial charge in [-0.05, 0) is 133 Å². The molecule has 55 heavy (non-hydrogen) atoms. The van der Waals surface area contributed by atoms with Crippen LogP contribution in [0.15, 0.2) is 176 Å². The molecule has 0 amide bonds. The van der Waals surface area contributed by atoms with E-state index in [0.29, 0.717) is 23.7 Å². The number of anilines is 3. The zero-order chi connectivity index (χ0) is 36.0. The smallest absolute Gasteiger partial charge is 0.130 e. The Balaban J connectivity index is 0.967. The van der Waals surface area contributed by atoms with E-state index < -0.39 is 0 Å². The summed E-state index contributed by atoms with van der Waals surface area (Å²) >= 11 is 0. The average molecular weight is 705 g/mol. The molecule has 0 radical (unpaired) electrons. The third-order valence-corrected chi connectivity index (χ3v) is 13.3. The van der Waals surface area contributed by atoms with Crippen molar-refractivity contribution in [3.05, 3.63) is 215 Å². The van der Waals surface area contributed by atoms with Crippen molar-refractivity contribution >= 4 is 44.7 Å². The number of allylic oxidation sites excluding steroid dienone is 1. The van der Waals surface area contributed by atoms with Gasteiger partial charge in [0.05, 0.1) is 11.4 Å². The molecular weight excluding hydrogens is 665 g/mol. The van der Waals surface area contributed by atoms with Crippen LogP contribution < -0.4 is 10.2 Å². The minimum absolute atomic E-state index is 0.0366. The largest absolute Gasteiger partial charge is 0.359 e. The van der Waals surface area contributed by atoms with E-state index in [4.69, 9.17) is 0 Å². The molecule has 0 bridgehead atoms. The molecule has 4 aliphatic rings. The van der Waals surface area contributed by atoms with Crippen LogP contribution in [0.2, 0.25) is 0 Å². The van der Waals surface area contributed by atoms with Crippen LogP contribution in [-0.2, 0) is 6.42 Å². The highest BCUT2D eigenvalue weighted by Gasteiger charge is 2.55. The van der Waals surface area contributed by atoms with Gasteiger partial charge in [0, 0.05) is 11.6 Å². The number of nitrogens with one attached hydrogen (secondary N) is 1. The predicted molar refractivity (Wildman–Crippen MR) is 229 cm³/mol. The Labute approximate surface area is 322 Å². The number of hydrogen-bond acceptors (Lipinski definition) is 2. The zero-order valence-electron chi connectivity index (χ0n) is 30.6. The third kappa shape index (κ3) is 4.67. The molecule has 5 atom stereocenters. The van der Waals surface area contributed by atoms with E-state index in [0.717, 1.165) is 6.42 Å². The highest BCUT2D eigenvalue weighted by molar-refractivity contribution is 6.05. The van der Waals surface area contributed by atoms with Crippen molar-refractivity contribution in [3.8, 4) is 11.1 Å². The molecule has 3 aliphatic carbocycles. The summed E-state index contributed by atoms with van der Waals surface area (Å²) in [6.07, 6.45) is 7.17. The Kier molecular flexibility index (Phi) is 6.80. The van der Waals surface area contributed by atoms with Gasteiger partial charge < -0.3 is 10.2 Å². The normalized spacial score (nSPS) is 21.5. The first-order chi connectivity index (χ1) is 27.3. The van der Waals surface area contributed by atoms with Gasteiger partial charge in [0.25, 0.3) is 0 Å². The van der Waals surface area contributed by atoms with Gasteiger partial charge in [0.2, 0.25) is 0 Å². The van der Waals surface area contributed by atoms with Crippen LogP contribution in [0, 0.1) is 0 Å². The molecule has 0 saturated heterocycles. The molecule has 1 heterocycles. The Morgan fingerprint density at radius 1 is 0.545 bits per heavy atom.